The van der Waals surface area contributed by atoms with Crippen molar-refractivity contribution in [2.24, 2.45) is 5.92 Å². The third kappa shape index (κ3) is 4.17. The summed E-state index contributed by atoms with van der Waals surface area (Å²) in [6.45, 7) is 3.73. The fourth-order valence-corrected chi connectivity index (χ4v) is 3.57. The van der Waals surface area contributed by atoms with Crippen LogP contribution in [0, 0.1) is 11.7 Å². The Hall–Kier alpha value is -1.73. The molecule has 7 heteroatoms. The number of carbonyl (C=O) groups excluding carboxylic acids is 2. The van der Waals surface area contributed by atoms with Crippen LogP contribution in [0.4, 0.5) is 4.39 Å². The lowest BCUT2D eigenvalue weighted by molar-refractivity contribution is -0.310. The molecule has 0 bridgehead atoms. The second-order valence-electron chi connectivity index (χ2n) is 5.57. The van der Waals surface area contributed by atoms with E-state index in [-0.39, 0.29) is 22.5 Å². The number of thioether (sulfide) groups is 1. The van der Waals surface area contributed by atoms with Crippen LogP contribution in [-0.4, -0.2) is 27.1 Å². The minimum atomic E-state index is -1.32. The number of hydrogen-bond acceptors (Lipinski definition) is 5. The molecule has 1 saturated heterocycles. The van der Waals surface area contributed by atoms with Gasteiger partial charge in [0.05, 0.1) is 16.9 Å². The van der Waals surface area contributed by atoms with E-state index >= 15 is 0 Å². The summed E-state index contributed by atoms with van der Waals surface area (Å²) in [5.74, 6) is -2.08. The molecule has 1 fully saturated rings. The summed E-state index contributed by atoms with van der Waals surface area (Å²) in [6, 6.07) is 4.56. The smallest absolute Gasteiger partial charge is 0.266 e. The van der Waals surface area contributed by atoms with Gasteiger partial charge in [0, 0.05) is 0 Å². The first-order valence-electron chi connectivity index (χ1n) is 7.03. The number of carboxylic acids is 1. The average molecular weight is 352 g/mol. The van der Waals surface area contributed by atoms with Gasteiger partial charge in [-0.2, -0.15) is 0 Å². The van der Waals surface area contributed by atoms with Crippen LogP contribution in [-0.2, 0) is 9.59 Å². The first-order chi connectivity index (χ1) is 10.8. The Morgan fingerprint density at radius 1 is 1.39 bits per heavy atom. The lowest BCUT2D eigenvalue weighted by atomic mass is 10.0. The Labute approximate surface area is 143 Å². The highest BCUT2D eigenvalue weighted by Gasteiger charge is 2.37. The lowest BCUT2D eigenvalue weighted by Gasteiger charge is -2.28. The highest BCUT2D eigenvalue weighted by Crippen LogP contribution is 2.35. The van der Waals surface area contributed by atoms with Crippen molar-refractivity contribution in [3.8, 4) is 0 Å². The second-order valence-corrected chi connectivity index (χ2v) is 7.24. The summed E-state index contributed by atoms with van der Waals surface area (Å²) < 4.78 is 13.1. The molecule has 1 aliphatic heterocycles. The molecule has 1 aromatic carbocycles. The molecule has 0 aromatic heterocycles. The Morgan fingerprint density at radius 2 is 2.00 bits per heavy atom. The molecule has 0 saturated carbocycles. The summed E-state index contributed by atoms with van der Waals surface area (Å²) in [5.41, 5.74) is 0.640. The standard InChI is InChI=1S/C16H16FNO3S2/c1-9(2)7-12(15(20)21)18-14(19)13(23-16(18)22)8-10-3-5-11(17)6-4-10/h3-6,8-9,12H,7H2,1-2H3,(H,20,21)/p-1/b13-8-/t12-/m0/s1. The fraction of sp³-hybridized carbons (Fsp3) is 0.312. The van der Waals surface area contributed by atoms with Crippen LogP contribution in [0.5, 0.6) is 0 Å². The first kappa shape index (κ1) is 17.6. The van der Waals surface area contributed by atoms with Crippen LogP contribution < -0.4 is 5.11 Å². The molecule has 1 aromatic rings. The molecule has 1 heterocycles. The van der Waals surface area contributed by atoms with Gasteiger partial charge in [0.15, 0.2) is 0 Å². The zero-order valence-electron chi connectivity index (χ0n) is 12.6. The molecule has 0 radical (unpaired) electrons. The third-order valence-electron chi connectivity index (χ3n) is 3.27. The minimum Gasteiger partial charge on any atom is -0.548 e. The number of hydrogen-bond donors (Lipinski definition) is 0. The zero-order chi connectivity index (χ0) is 17.1. The van der Waals surface area contributed by atoms with Gasteiger partial charge in [-0.15, -0.1) is 0 Å². The van der Waals surface area contributed by atoms with E-state index in [9.17, 15) is 19.1 Å². The molecule has 23 heavy (non-hydrogen) atoms. The molecule has 4 nitrogen and oxygen atoms in total. The molecule has 0 N–H and O–H groups in total. The fourth-order valence-electron chi connectivity index (χ4n) is 2.21. The molecular formula is C16H15FNO3S2-. The number of aliphatic carboxylic acids is 1. The molecule has 0 aliphatic carbocycles. The molecular weight excluding hydrogens is 337 g/mol. The van der Waals surface area contributed by atoms with Crippen molar-refractivity contribution in [3.63, 3.8) is 0 Å². The van der Waals surface area contributed by atoms with Crippen LogP contribution in [0.1, 0.15) is 25.8 Å². The molecule has 2 rings (SSSR count). The predicted octanol–water partition coefficient (Wildman–Crippen LogP) is 2.19. The monoisotopic (exact) mass is 352 g/mol. The molecule has 1 atom stereocenters. The summed E-state index contributed by atoms with van der Waals surface area (Å²) in [5, 5.41) is 11.4. The SMILES string of the molecule is CC(C)C[C@@H](C(=O)[O-])N1C(=O)/C(=C/c2ccc(F)cc2)SC1=S. The highest BCUT2D eigenvalue weighted by atomic mass is 32.2. The minimum absolute atomic E-state index is 0.0728. The Balaban J connectivity index is 2.28. The number of rotatable bonds is 5. The summed E-state index contributed by atoms with van der Waals surface area (Å²) in [7, 11) is 0. The van der Waals surface area contributed by atoms with Crippen molar-refractivity contribution in [1.82, 2.24) is 4.90 Å². The van der Waals surface area contributed by atoms with Crippen LogP contribution in [0.2, 0.25) is 0 Å². The maximum atomic E-state index is 12.9. The number of amides is 1. The number of benzene rings is 1. The number of nitrogens with zero attached hydrogens (tertiary/aromatic N) is 1. The summed E-state index contributed by atoms with van der Waals surface area (Å²) in [4.78, 5) is 25.3. The van der Waals surface area contributed by atoms with Gasteiger partial charge in [-0.05, 0) is 36.1 Å². The van der Waals surface area contributed by atoms with Gasteiger partial charge >= 0.3 is 0 Å². The number of thiocarbonyl (C=S) groups is 1. The van der Waals surface area contributed by atoms with Gasteiger partial charge < -0.3 is 9.90 Å². The molecule has 0 spiro atoms. The van der Waals surface area contributed by atoms with E-state index < -0.39 is 17.9 Å². The number of carboxylic acid groups (broad SMARTS) is 1. The van der Waals surface area contributed by atoms with E-state index in [0.29, 0.717) is 10.5 Å². The Morgan fingerprint density at radius 3 is 2.52 bits per heavy atom. The summed E-state index contributed by atoms with van der Waals surface area (Å²) >= 11 is 6.19. The number of carbonyl (C=O) groups is 2. The van der Waals surface area contributed by atoms with E-state index in [4.69, 9.17) is 12.2 Å². The van der Waals surface area contributed by atoms with Crippen molar-refractivity contribution in [3.05, 3.63) is 40.6 Å². The van der Waals surface area contributed by atoms with Crippen LogP contribution in [0.3, 0.4) is 0 Å². The first-order valence-corrected chi connectivity index (χ1v) is 8.25. The summed E-state index contributed by atoms with van der Waals surface area (Å²) in [6.07, 6.45) is 1.83. The van der Waals surface area contributed by atoms with Gasteiger partial charge in [-0.1, -0.05) is 50.0 Å². The maximum absolute atomic E-state index is 12.9. The highest BCUT2D eigenvalue weighted by molar-refractivity contribution is 8.26. The molecule has 1 aliphatic rings. The maximum Gasteiger partial charge on any atom is 0.266 e. The van der Waals surface area contributed by atoms with Crippen molar-refractivity contribution < 1.29 is 19.1 Å². The van der Waals surface area contributed by atoms with Crippen molar-refractivity contribution in [2.75, 3.05) is 0 Å². The molecule has 0 unspecified atom stereocenters. The molecule has 1 amide bonds. The number of halogens is 1. The van der Waals surface area contributed by atoms with Gasteiger partial charge in [0.2, 0.25) is 0 Å². The van der Waals surface area contributed by atoms with Crippen LogP contribution in [0.15, 0.2) is 29.2 Å². The predicted molar refractivity (Wildman–Crippen MR) is 89.7 cm³/mol. The van der Waals surface area contributed by atoms with Gasteiger partial charge in [0.1, 0.15) is 10.1 Å². The third-order valence-corrected chi connectivity index (χ3v) is 4.60. The normalized spacial score (nSPS) is 18.1. The van der Waals surface area contributed by atoms with E-state index in [1.54, 1.807) is 6.08 Å². The second kappa shape index (κ2) is 7.23. The van der Waals surface area contributed by atoms with Crippen molar-refractivity contribution in [2.45, 2.75) is 26.3 Å². The van der Waals surface area contributed by atoms with E-state index in [2.05, 4.69) is 0 Å². The van der Waals surface area contributed by atoms with Crippen molar-refractivity contribution >= 4 is 46.3 Å². The van der Waals surface area contributed by atoms with Gasteiger partial charge in [0.25, 0.3) is 5.91 Å². The van der Waals surface area contributed by atoms with Gasteiger partial charge in [-0.3, -0.25) is 9.69 Å². The van der Waals surface area contributed by atoms with Crippen molar-refractivity contribution in [1.29, 1.82) is 0 Å². The average Bonchev–Trinajstić information content (AvgIpc) is 2.73. The topological polar surface area (TPSA) is 60.4 Å². The molecule has 122 valence electrons. The van der Waals surface area contributed by atoms with Crippen LogP contribution in [0.25, 0.3) is 6.08 Å². The van der Waals surface area contributed by atoms with E-state index in [1.807, 2.05) is 13.8 Å². The largest absolute Gasteiger partial charge is 0.548 e. The van der Waals surface area contributed by atoms with Gasteiger partial charge in [-0.25, -0.2) is 4.39 Å². The van der Waals surface area contributed by atoms with E-state index in [0.717, 1.165) is 16.7 Å². The lowest BCUT2D eigenvalue weighted by Crippen LogP contribution is -2.50. The van der Waals surface area contributed by atoms with Crippen LogP contribution >= 0.6 is 24.0 Å². The Bertz CT molecular complexity index is 670. The Kier molecular flexibility index (Phi) is 5.54. The van der Waals surface area contributed by atoms with E-state index in [1.165, 1.54) is 24.3 Å². The quantitative estimate of drug-likeness (QED) is 0.600. The zero-order valence-corrected chi connectivity index (χ0v) is 14.2.